The molecule has 0 atom stereocenters. The molecule has 0 aliphatic heterocycles. The SMILES string of the molecule is CC(C)c1cc(C(C)(C)c2ccc(Oc3ccc(O)cc3)c(C(C)C)c2)ccc1Oc1ccc(O)cc1. The average Bonchev–Trinajstić information content (AvgIpc) is 2.86. The van der Waals surface area contributed by atoms with Crippen LogP contribution in [-0.4, -0.2) is 10.2 Å². The minimum Gasteiger partial charge on any atom is -0.508 e. The van der Waals surface area contributed by atoms with Crippen molar-refractivity contribution in [2.75, 3.05) is 0 Å². The second-order valence-corrected chi connectivity index (χ2v) is 10.6. The summed E-state index contributed by atoms with van der Waals surface area (Å²) in [6.07, 6.45) is 0. The molecule has 4 nitrogen and oxygen atoms in total. The van der Waals surface area contributed by atoms with Gasteiger partial charge in [0.15, 0.2) is 0 Å². The maximum absolute atomic E-state index is 9.58. The van der Waals surface area contributed by atoms with Gasteiger partial charge in [0, 0.05) is 5.41 Å². The molecule has 0 bridgehead atoms. The number of hydrogen-bond donors (Lipinski definition) is 2. The van der Waals surface area contributed by atoms with E-state index in [9.17, 15) is 10.2 Å². The fourth-order valence-corrected chi connectivity index (χ4v) is 4.41. The molecule has 0 heterocycles. The Kier molecular flexibility index (Phi) is 7.49. The molecule has 0 amide bonds. The van der Waals surface area contributed by atoms with Crippen LogP contribution in [-0.2, 0) is 5.41 Å². The second kappa shape index (κ2) is 10.6. The van der Waals surface area contributed by atoms with Crippen LogP contribution in [0.15, 0.2) is 84.9 Å². The molecule has 0 fully saturated rings. The molecule has 37 heavy (non-hydrogen) atoms. The lowest BCUT2D eigenvalue weighted by molar-refractivity contribution is 0.459. The van der Waals surface area contributed by atoms with Crippen LogP contribution in [0.4, 0.5) is 0 Å². The van der Waals surface area contributed by atoms with E-state index >= 15 is 0 Å². The summed E-state index contributed by atoms with van der Waals surface area (Å²) in [6, 6.07) is 26.5. The van der Waals surface area contributed by atoms with Crippen LogP contribution in [0.3, 0.4) is 0 Å². The van der Waals surface area contributed by atoms with Crippen molar-refractivity contribution in [2.45, 2.75) is 58.8 Å². The lowest BCUT2D eigenvalue weighted by Crippen LogP contribution is -2.20. The normalized spacial score (nSPS) is 11.7. The van der Waals surface area contributed by atoms with Gasteiger partial charge in [-0.3, -0.25) is 0 Å². The average molecular weight is 497 g/mol. The van der Waals surface area contributed by atoms with E-state index in [1.165, 1.54) is 11.1 Å². The Balaban J connectivity index is 1.67. The summed E-state index contributed by atoms with van der Waals surface area (Å²) in [7, 11) is 0. The lowest BCUT2D eigenvalue weighted by atomic mass is 9.76. The van der Waals surface area contributed by atoms with Crippen molar-refractivity contribution in [3.63, 3.8) is 0 Å². The highest BCUT2D eigenvalue weighted by Gasteiger charge is 2.26. The molecular formula is C33H36O4. The Morgan fingerprint density at radius 3 is 1.22 bits per heavy atom. The van der Waals surface area contributed by atoms with Crippen LogP contribution in [0.2, 0.25) is 0 Å². The largest absolute Gasteiger partial charge is 0.508 e. The summed E-state index contributed by atoms with van der Waals surface area (Å²) in [6.45, 7) is 13.2. The van der Waals surface area contributed by atoms with Gasteiger partial charge in [-0.05, 0) is 94.8 Å². The molecule has 4 aromatic rings. The molecule has 4 rings (SSSR count). The molecule has 0 saturated carbocycles. The van der Waals surface area contributed by atoms with E-state index in [-0.39, 0.29) is 28.7 Å². The molecule has 0 aliphatic carbocycles. The first-order chi connectivity index (χ1) is 17.5. The van der Waals surface area contributed by atoms with Crippen LogP contribution in [0.25, 0.3) is 0 Å². The molecule has 192 valence electrons. The summed E-state index contributed by atoms with van der Waals surface area (Å²) in [5.41, 5.74) is 4.43. The Labute approximate surface area is 220 Å². The van der Waals surface area contributed by atoms with E-state index < -0.39 is 0 Å². The van der Waals surface area contributed by atoms with E-state index in [1.807, 2.05) is 12.1 Å². The van der Waals surface area contributed by atoms with Crippen LogP contribution >= 0.6 is 0 Å². The topological polar surface area (TPSA) is 58.9 Å². The van der Waals surface area contributed by atoms with Gasteiger partial charge in [-0.2, -0.15) is 0 Å². The Bertz CT molecular complexity index is 1250. The molecule has 0 aliphatic rings. The predicted molar refractivity (Wildman–Crippen MR) is 150 cm³/mol. The van der Waals surface area contributed by atoms with E-state index in [1.54, 1.807) is 48.5 Å². The van der Waals surface area contributed by atoms with Crippen LogP contribution < -0.4 is 9.47 Å². The predicted octanol–water partition coefficient (Wildman–Crippen LogP) is 9.26. The standard InChI is InChI=1S/C33H36O4/c1-21(2)29-19-23(7-17-31(29)36-27-13-9-25(34)10-14-27)33(5,6)24-8-18-32(30(20-24)22(3)4)37-28-15-11-26(35)12-16-28/h7-22,34-35H,1-6H3. The number of phenols is 2. The number of benzene rings is 4. The van der Waals surface area contributed by atoms with Gasteiger partial charge in [0.25, 0.3) is 0 Å². The van der Waals surface area contributed by atoms with Crippen LogP contribution in [0.1, 0.15) is 75.6 Å². The quantitative estimate of drug-likeness (QED) is 0.255. The fourth-order valence-electron chi connectivity index (χ4n) is 4.41. The number of ether oxygens (including phenoxy) is 2. The van der Waals surface area contributed by atoms with Gasteiger partial charge in [0.05, 0.1) is 0 Å². The molecule has 0 radical (unpaired) electrons. The zero-order chi connectivity index (χ0) is 26.7. The summed E-state index contributed by atoms with van der Waals surface area (Å²) in [5.74, 6) is 4.00. The van der Waals surface area contributed by atoms with Gasteiger partial charge in [-0.1, -0.05) is 65.8 Å². The minimum atomic E-state index is -0.249. The summed E-state index contributed by atoms with van der Waals surface area (Å²) >= 11 is 0. The highest BCUT2D eigenvalue weighted by Crippen LogP contribution is 2.41. The first-order valence-corrected chi connectivity index (χ1v) is 12.8. The molecule has 0 aromatic heterocycles. The van der Waals surface area contributed by atoms with Crippen molar-refractivity contribution >= 4 is 0 Å². The summed E-state index contributed by atoms with van der Waals surface area (Å²) in [4.78, 5) is 0. The van der Waals surface area contributed by atoms with E-state index in [0.29, 0.717) is 11.5 Å². The maximum Gasteiger partial charge on any atom is 0.130 e. The fraction of sp³-hybridized carbons (Fsp3) is 0.273. The Morgan fingerprint density at radius 1 is 0.541 bits per heavy atom. The molecule has 4 aromatic carbocycles. The zero-order valence-corrected chi connectivity index (χ0v) is 22.4. The molecule has 0 unspecified atom stereocenters. The third-order valence-corrected chi connectivity index (χ3v) is 6.84. The van der Waals surface area contributed by atoms with E-state index in [2.05, 4.69) is 65.8 Å². The summed E-state index contributed by atoms with van der Waals surface area (Å²) < 4.78 is 12.4. The first-order valence-electron chi connectivity index (χ1n) is 12.8. The van der Waals surface area contributed by atoms with Gasteiger partial charge in [0.2, 0.25) is 0 Å². The van der Waals surface area contributed by atoms with E-state index in [0.717, 1.165) is 22.6 Å². The van der Waals surface area contributed by atoms with Crippen LogP contribution in [0.5, 0.6) is 34.5 Å². The van der Waals surface area contributed by atoms with Crippen LogP contribution in [0, 0.1) is 0 Å². The first kappa shape index (κ1) is 26.2. The number of rotatable bonds is 8. The molecule has 0 saturated heterocycles. The van der Waals surface area contributed by atoms with Crippen molar-refractivity contribution in [3.05, 3.63) is 107 Å². The Hall–Kier alpha value is -3.92. The number of hydrogen-bond acceptors (Lipinski definition) is 4. The monoisotopic (exact) mass is 496 g/mol. The molecule has 4 heteroatoms. The van der Waals surface area contributed by atoms with Gasteiger partial charge in [-0.15, -0.1) is 0 Å². The lowest BCUT2D eigenvalue weighted by Gasteiger charge is -2.29. The van der Waals surface area contributed by atoms with Gasteiger partial charge in [-0.25, -0.2) is 0 Å². The third kappa shape index (κ3) is 5.91. The highest BCUT2D eigenvalue weighted by molar-refractivity contribution is 5.50. The summed E-state index contributed by atoms with van der Waals surface area (Å²) in [5, 5.41) is 19.2. The smallest absolute Gasteiger partial charge is 0.130 e. The van der Waals surface area contributed by atoms with Gasteiger partial charge in [0.1, 0.15) is 34.5 Å². The second-order valence-electron chi connectivity index (χ2n) is 10.6. The Morgan fingerprint density at radius 2 is 0.892 bits per heavy atom. The highest BCUT2D eigenvalue weighted by atomic mass is 16.5. The minimum absolute atomic E-state index is 0.216. The van der Waals surface area contributed by atoms with Gasteiger partial charge < -0.3 is 19.7 Å². The molecule has 2 N–H and O–H groups in total. The van der Waals surface area contributed by atoms with Crippen molar-refractivity contribution in [2.24, 2.45) is 0 Å². The molecule has 0 spiro atoms. The van der Waals surface area contributed by atoms with Crippen molar-refractivity contribution in [1.29, 1.82) is 0 Å². The van der Waals surface area contributed by atoms with Crippen molar-refractivity contribution in [3.8, 4) is 34.5 Å². The van der Waals surface area contributed by atoms with Crippen molar-refractivity contribution < 1.29 is 19.7 Å². The van der Waals surface area contributed by atoms with Crippen molar-refractivity contribution in [1.82, 2.24) is 0 Å². The number of aromatic hydroxyl groups is 2. The molecular weight excluding hydrogens is 460 g/mol. The zero-order valence-electron chi connectivity index (χ0n) is 22.4. The van der Waals surface area contributed by atoms with Gasteiger partial charge >= 0.3 is 0 Å². The number of phenolic OH excluding ortho intramolecular Hbond substituents is 2. The third-order valence-electron chi connectivity index (χ3n) is 6.84. The maximum atomic E-state index is 9.58. The van der Waals surface area contributed by atoms with E-state index in [4.69, 9.17) is 9.47 Å².